The Balaban J connectivity index is 1.77. The van der Waals surface area contributed by atoms with E-state index in [0.29, 0.717) is 5.16 Å². The second kappa shape index (κ2) is 7.65. The molecule has 6 nitrogen and oxygen atoms in total. The Labute approximate surface area is 156 Å². The number of halogens is 1. The van der Waals surface area contributed by atoms with Crippen LogP contribution in [-0.2, 0) is 4.79 Å². The van der Waals surface area contributed by atoms with Gasteiger partial charge in [0.1, 0.15) is 5.82 Å². The quantitative estimate of drug-likeness (QED) is 0.654. The molecule has 3 atom stereocenters. The first-order valence-electron chi connectivity index (χ1n) is 8.84. The van der Waals surface area contributed by atoms with Crippen molar-refractivity contribution in [2.75, 3.05) is 5.84 Å². The Morgan fingerprint density at radius 1 is 1.27 bits per heavy atom. The Kier molecular flexibility index (Phi) is 5.50. The summed E-state index contributed by atoms with van der Waals surface area (Å²) < 4.78 is 15.2. The number of piperidine rings is 1. The summed E-state index contributed by atoms with van der Waals surface area (Å²) in [5.41, 5.74) is 0.284. The number of nitrogen functional groups attached to an aromatic ring is 1. The van der Waals surface area contributed by atoms with Crippen LogP contribution in [0.25, 0.3) is 11.4 Å². The van der Waals surface area contributed by atoms with Crippen LogP contribution in [0, 0.1) is 5.82 Å². The van der Waals surface area contributed by atoms with E-state index >= 15 is 0 Å². The van der Waals surface area contributed by atoms with Crippen LogP contribution >= 0.6 is 11.8 Å². The first-order valence-corrected chi connectivity index (χ1v) is 9.72. The summed E-state index contributed by atoms with van der Waals surface area (Å²) >= 11 is 1.25. The molecule has 1 saturated heterocycles. The molecule has 3 unspecified atom stereocenters. The zero-order valence-corrected chi connectivity index (χ0v) is 16.0. The molecule has 2 aromatic rings. The number of carbonyl (C=O) groups excluding carboxylic acids is 1. The first-order chi connectivity index (χ1) is 12.4. The number of benzene rings is 1. The summed E-state index contributed by atoms with van der Waals surface area (Å²) in [5.74, 6) is 5.97. The van der Waals surface area contributed by atoms with Crippen LogP contribution in [0.15, 0.2) is 29.4 Å². The van der Waals surface area contributed by atoms with Gasteiger partial charge >= 0.3 is 0 Å². The molecular formula is C18H24FN5OS. The number of likely N-dealkylation sites (tertiary alicyclic amines) is 1. The predicted molar refractivity (Wildman–Crippen MR) is 101 cm³/mol. The maximum Gasteiger partial charge on any atom is 0.236 e. The molecule has 1 amide bonds. The van der Waals surface area contributed by atoms with Gasteiger partial charge in [-0.2, -0.15) is 0 Å². The average molecular weight is 377 g/mol. The molecule has 0 saturated carbocycles. The van der Waals surface area contributed by atoms with Crippen LogP contribution in [0.5, 0.6) is 0 Å². The molecule has 0 spiro atoms. The molecule has 8 heteroatoms. The second-order valence-electron chi connectivity index (χ2n) is 6.79. The number of amides is 1. The number of nitrogens with two attached hydrogens (primary N) is 1. The molecule has 2 N–H and O–H groups in total. The number of hydrogen-bond acceptors (Lipinski definition) is 5. The van der Waals surface area contributed by atoms with Gasteiger partial charge in [0.15, 0.2) is 5.82 Å². The van der Waals surface area contributed by atoms with Gasteiger partial charge in [0.05, 0.1) is 10.8 Å². The Bertz CT molecular complexity index is 786. The van der Waals surface area contributed by atoms with E-state index in [-0.39, 0.29) is 34.6 Å². The van der Waals surface area contributed by atoms with Crippen LogP contribution in [-0.4, -0.2) is 43.0 Å². The zero-order valence-electron chi connectivity index (χ0n) is 15.2. The lowest BCUT2D eigenvalue weighted by Crippen LogP contribution is -2.50. The van der Waals surface area contributed by atoms with E-state index in [9.17, 15) is 9.18 Å². The van der Waals surface area contributed by atoms with E-state index in [1.165, 1.54) is 22.5 Å². The van der Waals surface area contributed by atoms with Gasteiger partial charge in [0, 0.05) is 12.1 Å². The molecule has 1 aliphatic heterocycles. The van der Waals surface area contributed by atoms with Gasteiger partial charge in [-0.15, -0.1) is 10.2 Å². The van der Waals surface area contributed by atoms with E-state index in [2.05, 4.69) is 24.0 Å². The lowest BCUT2D eigenvalue weighted by Gasteiger charge is -2.40. The van der Waals surface area contributed by atoms with E-state index in [1.54, 1.807) is 18.2 Å². The maximum absolute atomic E-state index is 14.0. The van der Waals surface area contributed by atoms with Gasteiger partial charge in [-0.25, -0.2) is 9.07 Å². The number of nitrogens with zero attached hydrogens (tertiary/aromatic N) is 4. The normalized spacial score (nSPS) is 21.6. The maximum atomic E-state index is 14.0. The minimum atomic E-state index is -0.414. The third-order valence-electron chi connectivity index (χ3n) is 4.86. The minimum absolute atomic E-state index is 0.0742. The number of aromatic nitrogens is 3. The lowest BCUT2D eigenvalue weighted by atomic mass is 9.97. The summed E-state index contributed by atoms with van der Waals surface area (Å²) in [7, 11) is 0. The predicted octanol–water partition coefficient (Wildman–Crippen LogP) is 3.07. The molecule has 1 aromatic carbocycles. The Morgan fingerprint density at radius 2 is 1.92 bits per heavy atom. The lowest BCUT2D eigenvalue weighted by molar-refractivity contribution is -0.136. The van der Waals surface area contributed by atoms with Crippen molar-refractivity contribution < 1.29 is 9.18 Å². The van der Waals surface area contributed by atoms with Gasteiger partial charge in [-0.3, -0.25) is 4.79 Å². The van der Waals surface area contributed by atoms with E-state index < -0.39 is 5.82 Å². The molecule has 1 aliphatic rings. The fourth-order valence-electron chi connectivity index (χ4n) is 3.46. The number of hydrogen-bond donors (Lipinski definition) is 1. The van der Waals surface area contributed by atoms with Crippen molar-refractivity contribution in [3.8, 4) is 11.4 Å². The molecule has 0 aliphatic carbocycles. The SMILES string of the molecule is CC(Sc1nnc(-c2ccccc2F)n1N)C(=O)N1C(C)CCCC1C. The molecule has 140 valence electrons. The summed E-state index contributed by atoms with van der Waals surface area (Å²) in [6.45, 7) is 6.03. The number of carbonyl (C=O) groups is 1. The van der Waals surface area contributed by atoms with Crippen molar-refractivity contribution in [3.05, 3.63) is 30.1 Å². The molecule has 1 aromatic heterocycles. The van der Waals surface area contributed by atoms with Crippen LogP contribution in [0.4, 0.5) is 4.39 Å². The molecular weight excluding hydrogens is 353 g/mol. The van der Waals surface area contributed by atoms with Gasteiger partial charge in [-0.1, -0.05) is 23.9 Å². The Morgan fingerprint density at radius 3 is 2.58 bits per heavy atom. The fraction of sp³-hybridized carbons (Fsp3) is 0.500. The number of thioether (sulfide) groups is 1. The highest BCUT2D eigenvalue weighted by atomic mass is 32.2. The summed E-state index contributed by atoms with van der Waals surface area (Å²) in [6, 6.07) is 6.74. The highest BCUT2D eigenvalue weighted by Gasteiger charge is 2.32. The highest BCUT2D eigenvalue weighted by molar-refractivity contribution is 8.00. The van der Waals surface area contributed by atoms with Crippen LogP contribution in [0.2, 0.25) is 0 Å². The smallest absolute Gasteiger partial charge is 0.236 e. The van der Waals surface area contributed by atoms with Crippen molar-refractivity contribution in [1.82, 2.24) is 19.8 Å². The Hall–Kier alpha value is -2.09. The third-order valence-corrected chi connectivity index (χ3v) is 5.90. The topological polar surface area (TPSA) is 77.0 Å². The summed E-state index contributed by atoms with van der Waals surface area (Å²) in [4.78, 5) is 14.9. The van der Waals surface area contributed by atoms with Gasteiger partial charge in [0.2, 0.25) is 11.1 Å². The van der Waals surface area contributed by atoms with E-state index in [4.69, 9.17) is 5.84 Å². The van der Waals surface area contributed by atoms with Crippen LogP contribution < -0.4 is 5.84 Å². The van der Waals surface area contributed by atoms with Crippen molar-refractivity contribution in [2.45, 2.75) is 62.5 Å². The van der Waals surface area contributed by atoms with Gasteiger partial charge < -0.3 is 10.7 Å². The minimum Gasteiger partial charge on any atom is -0.336 e. The average Bonchev–Trinajstić information content (AvgIpc) is 2.95. The molecule has 1 fully saturated rings. The van der Waals surface area contributed by atoms with Gasteiger partial charge in [-0.05, 0) is 52.2 Å². The van der Waals surface area contributed by atoms with E-state index in [0.717, 1.165) is 19.3 Å². The standard InChI is InChI=1S/C18H24FN5OS/c1-11-7-6-8-12(2)23(11)17(25)13(3)26-18-22-21-16(24(18)20)14-9-4-5-10-15(14)19/h4-5,9-13H,6-8,20H2,1-3H3. The molecule has 0 bridgehead atoms. The van der Waals surface area contributed by atoms with Crippen molar-refractivity contribution in [2.24, 2.45) is 0 Å². The summed E-state index contributed by atoms with van der Waals surface area (Å²) in [5, 5.41) is 8.10. The molecule has 2 heterocycles. The summed E-state index contributed by atoms with van der Waals surface area (Å²) in [6.07, 6.45) is 3.20. The first kappa shape index (κ1) is 18.7. The second-order valence-corrected chi connectivity index (χ2v) is 8.10. The van der Waals surface area contributed by atoms with E-state index in [1.807, 2.05) is 11.8 Å². The van der Waals surface area contributed by atoms with Crippen molar-refractivity contribution >= 4 is 17.7 Å². The van der Waals surface area contributed by atoms with Crippen molar-refractivity contribution in [3.63, 3.8) is 0 Å². The third kappa shape index (κ3) is 3.56. The molecule has 3 rings (SSSR count). The molecule has 26 heavy (non-hydrogen) atoms. The largest absolute Gasteiger partial charge is 0.336 e. The van der Waals surface area contributed by atoms with Crippen molar-refractivity contribution in [1.29, 1.82) is 0 Å². The van der Waals surface area contributed by atoms with Gasteiger partial charge in [0.25, 0.3) is 0 Å². The van der Waals surface area contributed by atoms with Crippen LogP contribution in [0.1, 0.15) is 40.0 Å². The fourth-order valence-corrected chi connectivity index (χ4v) is 4.28. The molecule has 0 radical (unpaired) electrons. The van der Waals surface area contributed by atoms with Crippen LogP contribution in [0.3, 0.4) is 0 Å². The monoisotopic (exact) mass is 377 g/mol. The highest BCUT2D eigenvalue weighted by Crippen LogP contribution is 2.30. The zero-order chi connectivity index (χ0) is 18.8. The number of rotatable bonds is 4.